The van der Waals surface area contributed by atoms with Crippen LogP contribution in [0.4, 0.5) is 0 Å². The van der Waals surface area contributed by atoms with Crippen LogP contribution in [-0.4, -0.2) is 34.7 Å². The van der Waals surface area contributed by atoms with Crippen molar-refractivity contribution in [3.63, 3.8) is 0 Å². The van der Waals surface area contributed by atoms with Crippen LogP contribution < -0.4 is 4.74 Å². The Morgan fingerprint density at radius 1 is 1.38 bits per heavy atom. The summed E-state index contributed by atoms with van der Waals surface area (Å²) in [5.41, 5.74) is 0.365. The molecule has 0 bridgehead atoms. The molecule has 1 N–H and O–H groups in total. The average molecular weight is 291 g/mol. The van der Waals surface area contributed by atoms with Crippen LogP contribution in [0.5, 0.6) is 5.75 Å². The Labute approximate surface area is 126 Å². The molecule has 1 saturated heterocycles. The van der Waals surface area contributed by atoms with Gasteiger partial charge in [-0.25, -0.2) is 0 Å². The zero-order valence-corrected chi connectivity index (χ0v) is 13.1. The van der Waals surface area contributed by atoms with E-state index < -0.39 is 11.5 Å². The molecule has 1 aliphatic rings. The third-order valence-corrected chi connectivity index (χ3v) is 4.55. The lowest BCUT2D eigenvalue weighted by Gasteiger charge is -2.45. The van der Waals surface area contributed by atoms with E-state index in [0.717, 1.165) is 30.7 Å². The van der Waals surface area contributed by atoms with Gasteiger partial charge < -0.3 is 9.84 Å². The predicted octanol–water partition coefficient (Wildman–Crippen LogP) is 3.48. The lowest BCUT2D eigenvalue weighted by atomic mass is 9.86. The SMILES string of the molecule is CCOc1ccc(C(C)N2CCCCC2(C)C(=O)O)cc1. The maximum atomic E-state index is 11.7. The van der Waals surface area contributed by atoms with Gasteiger partial charge in [-0.2, -0.15) is 0 Å². The summed E-state index contributed by atoms with van der Waals surface area (Å²) in [6, 6.07) is 8.07. The van der Waals surface area contributed by atoms with Crippen molar-refractivity contribution in [2.75, 3.05) is 13.2 Å². The highest BCUT2D eigenvalue weighted by molar-refractivity contribution is 5.78. The highest BCUT2D eigenvalue weighted by Crippen LogP contribution is 2.36. The number of hydrogen-bond donors (Lipinski definition) is 1. The Morgan fingerprint density at radius 3 is 2.62 bits per heavy atom. The van der Waals surface area contributed by atoms with E-state index in [0.29, 0.717) is 13.0 Å². The summed E-state index contributed by atoms with van der Waals surface area (Å²) in [4.78, 5) is 13.8. The van der Waals surface area contributed by atoms with Gasteiger partial charge in [0.05, 0.1) is 6.61 Å². The van der Waals surface area contributed by atoms with Crippen molar-refractivity contribution in [2.24, 2.45) is 0 Å². The molecular weight excluding hydrogens is 266 g/mol. The first-order chi connectivity index (χ1) is 9.99. The number of carboxylic acids is 1. The second-order valence-corrected chi connectivity index (χ2v) is 5.91. The number of rotatable bonds is 5. The molecule has 1 heterocycles. The summed E-state index contributed by atoms with van der Waals surface area (Å²) >= 11 is 0. The minimum absolute atomic E-state index is 0.0853. The van der Waals surface area contributed by atoms with Gasteiger partial charge in [0.15, 0.2) is 0 Å². The Hall–Kier alpha value is -1.55. The molecule has 1 fully saturated rings. The van der Waals surface area contributed by atoms with Crippen LogP contribution in [0, 0.1) is 0 Å². The second-order valence-electron chi connectivity index (χ2n) is 5.91. The molecule has 116 valence electrons. The molecule has 21 heavy (non-hydrogen) atoms. The van der Waals surface area contributed by atoms with Crippen molar-refractivity contribution in [2.45, 2.75) is 51.6 Å². The molecule has 0 spiro atoms. The number of piperidine rings is 1. The highest BCUT2D eigenvalue weighted by atomic mass is 16.5. The smallest absolute Gasteiger partial charge is 0.323 e. The van der Waals surface area contributed by atoms with Crippen molar-refractivity contribution >= 4 is 5.97 Å². The minimum Gasteiger partial charge on any atom is -0.494 e. The first-order valence-corrected chi connectivity index (χ1v) is 7.72. The van der Waals surface area contributed by atoms with E-state index in [1.54, 1.807) is 0 Å². The van der Waals surface area contributed by atoms with Gasteiger partial charge in [0.25, 0.3) is 0 Å². The van der Waals surface area contributed by atoms with Crippen molar-refractivity contribution < 1.29 is 14.6 Å². The summed E-state index contributed by atoms with van der Waals surface area (Å²) in [5.74, 6) is 0.132. The summed E-state index contributed by atoms with van der Waals surface area (Å²) in [6.45, 7) is 7.37. The summed E-state index contributed by atoms with van der Waals surface area (Å²) < 4.78 is 5.46. The van der Waals surface area contributed by atoms with Gasteiger partial charge in [-0.05, 0) is 64.3 Å². The molecule has 0 saturated carbocycles. The fourth-order valence-corrected chi connectivity index (χ4v) is 3.18. The van der Waals surface area contributed by atoms with Crippen molar-refractivity contribution in [1.82, 2.24) is 4.90 Å². The van der Waals surface area contributed by atoms with E-state index in [1.807, 2.05) is 38.1 Å². The van der Waals surface area contributed by atoms with Gasteiger partial charge in [-0.1, -0.05) is 12.1 Å². The largest absolute Gasteiger partial charge is 0.494 e. The molecule has 0 amide bonds. The minimum atomic E-state index is -0.768. The fourth-order valence-electron chi connectivity index (χ4n) is 3.18. The third-order valence-electron chi connectivity index (χ3n) is 4.55. The molecule has 2 rings (SSSR count). The fraction of sp³-hybridized carbons (Fsp3) is 0.588. The van der Waals surface area contributed by atoms with Crippen LogP contribution in [0.25, 0.3) is 0 Å². The highest BCUT2D eigenvalue weighted by Gasteiger charge is 2.43. The molecule has 2 unspecified atom stereocenters. The number of likely N-dealkylation sites (tertiary alicyclic amines) is 1. The lowest BCUT2D eigenvalue weighted by Crippen LogP contribution is -2.55. The number of hydrogen-bond acceptors (Lipinski definition) is 3. The van der Waals surface area contributed by atoms with Crippen molar-refractivity contribution in [1.29, 1.82) is 0 Å². The van der Waals surface area contributed by atoms with E-state index in [4.69, 9.17) is 4.74 Å². The quantitative estimate of drug-likeness (QED) is 0.902. The van der Waals surface area contributed by atoms with Gasteiger partial charge in [0.2, 0.25) is 0 Å². The standard InChI is InChI=1S/C17H25NO3/c1-4-21-15-9-7-14(8-10-15)13(2)18-12-6-5-11-17(18,3)16(19)20/h7-10,13H,4-6,11-12H2,1-3H3,(H,19,20). The molecule has 1 aromatic rings. The Bertz CT molecular complexity index is 485. The molecule has 0 aliphatic carbocycles. The zero-order chi connectivity index (χ0) is 15.5. The molecule has 1 aliphatic heterocycles. The third kappa shape index (κ3) is 3.21. The number of carboxylic acid groups (broad SMARTS) is 1. The molecule has 0 aromatic heterocycles. The van der Waals surface area contributed by atoms with E-state index in [1.165, 1.54) is 0 Å². The Morgan fingerprint density at radius 2 is 2.05 bits per heavy atom. The maximum Gasteiger partial charge on any atom is 0.323 e. The molecule has 2 atom stereocenters. The summed E-state index contributed by atoms with van der Waals surface area (Å²) in [6.07, 6.45) is 2.75. The van der Waals surface area contributed by atoms with Crippen LogP contribution in [0.2, 0.25) is 0 Å². The summed E-state index contributed by atoms with van der Waals surface area (Å²) in [7, 11) is 0. The van der Waals surface area contributed by atoms with Crippen molar-refractivity contribution in [3.8, 4) is 5.75 Å². The lowest BCUT2D eigenvalue weighted by molar-refractivity contribution is -0.155. The van der Waals surface area contributed by atoms with E-state index in [9.17, 15) is 9.90 Å². The van der Waals surface area contributed by atoms with Gasteiger partial charge >= 0.3 is 5.97 Å². The topological polar surface area (TPSA) is 49.8 Å². The average Bonchev–Trinajstić information content (AvgIpc) is 2.48. The van der Waals surface area contributed by atoms with E-state index >= 15 is 0 Å². The Kier molecular flexibility index (Phi) is 4.88. The normalized spacial score (nSPS) is 24.5. The molecule has 4 nitrogen and oxygen atoms in total. The molecule has 0 radical (unpaired) electrons. The van der Waals surface area contributed by atoms with Crippen LogP contribution in [0.15, 0.2) is 24.3 Å². The summed E-state index contributed by atoms with van der Waals surface area (Å²) in [5, 5.41) is 9.62. The van der Waals surface area contributed by atoms with Crippen molar-refractivity contribution in [3.05, 3.63) is 29.8 Å². The monoisotopic (exact) mass is 291 g/mol. The van der Waals surface area contributed by atoms with Crippen LogP contribution in [-0.2, 0) is 4.79 Å². The maximum absolute atomic E-state index is 11.7. The van der Waals surface area contributed by atoms with Crippen LogP contribution in [0.3, 0.4) is 0 Å². The predicted molar refractivity (Wildman–Crippen MR) is 82.6 cm³/mol. The van der Waals surface area contributed by atoms with Crippen LogP contribution in [0.1, 0.15) is 51.6 Å². The number of nitrogens with zero attached hydrogens (tertiary/aromatic N) is 1. The van der Waals surface area contributed by atoms with Gasteiger partial charge in [-0.15, -0.1) is 0 Å². The van der Waals surface area contributed by atoms with Gasteiger partial charge in [-0.3, -0.25) is 9.69 Å². The van der Waals surface area contributed by atoms with Gasteiger partial charge in [0.1, 0.15) is 11.3 Å². The number of benzene rings is 1. The van der Waals surface area contributed by atoms with E-state index in [-0.39, 0.29) is 6.04 Å². The zero-order valence-electron chi connectivity index (χ0n) is 13.1. The van der Waals surface area contributed by atoms with Crippen LogP contribution >= 0.6 is 0 Å². The molecular formula is C17H25NO3. The molecule has 4 heteroatoms. The first kappa shape index (κ1) is 15.8. The number of ether oxygens (including phenoxy) is 1. The second kappa shape index (κ2) is 6.48. The number of carbonyl (C=O) groups is 1. The van der Waals surface area contributed by atoms with E-state index in [2.05, 4.69) is 11.8 Å². The van der Waals surface area contributed by atoms with Gasteiger partial charge in [0, 0.05) is 6.04 Å². The number of aliphatic carboxylic acids is 1. The Balaban J connectivity index is 2.20. The molecule has 1 aromatic carbocycles. The first-order valence-electron chi connectivity index (χ1n) is 7.72.